The Morgan fingerprint density at radius 2 is 1.68 bits per heavy atom. The predicted molar refractivity (Wildman–Crippen MR) is 96.9 cm³/mol. The summed E-state index contributed by atoms with van der Waals surface area (Å²) < 4.78 is 33.1. The number of aromatic nitrogens is 1. The molecule has 0 aliphatic carbocycles. The Hall–Kier alpha value is -2.60. The number of fused-ring (bicyclic) bond motifs is 1. The predicted octanol–water partition coefficient (Wildman–Crippen LogP) is 3.25. The first-order valence-electron chi connectivity index (χ1n) is 8.09. The van der Waals surface area contributed by atoms with Gasteiger partial charge in [0.05, 0.1) is 17.0 Å². The van der Waals surface area contributed by atoms with E-state index in [9.17, 15) is 13.2 Å². The number of sulfone groups is 1. The van der Waals surface area contributed by atoms with Crippen LogP contribution < -0.4 is 10.2 Å². The van der Waals surface area contributed by atoms with Gasteiger partial charge in [-0.25, -0.2) is 8.42 Å². The van der Waals surface area contributed by atoms with Crippen molar-refractivity contribution in [2.75, 3.05) is 6.61 Å². The zero-order valence-electron chi connectivity index (χ0n) is 14.1. The quantitative estimate of drug-likeness (QED) is 0.703. The molecule has 0 saturated heterocycles. The van der Waals surface area contributed by atoms with Crippen LogP contribution in [0.15, 0.2) is 69.3 Å². The van der Waals surface area contributed by atoms with Gasteiger partial charge in [-0.3, -0.25) is 4.79 Å². The highest BCUT2D eigenvalue weighted by molar-refractivity contribution is 7.91. The van der Waals surface area contributed by atoms with E-state index in [2.05, 4.69) is 0 Å². The molecule has 0 spiro atoms. The van der Waals surface area contributed by atoms with E-state index in [1.54, 1.807) is 28.8 Å². The largest absolute Gasteiger partial charge is 0.494 e. The molecular weight excluding hydrogens is 338 g/mol. The standard InChI is InChI=1S/C19H19NO4S/c1-3-20-13-18(19(21)16-7-5-6-8-17(16)20)25(22,23)15-11-9-14(10-12-15)24-4-2/h5-13H,3-4H2,1-2H3. The van der Waals surface area contributed by atoms with E-state index in [0.717, 1.165) is 5.52 Å². The van der Waals surface area contributed by atoms with Crippen molar-refractivity contribution in [2.24, 2.45) is 0 Å². The van der Waals surface area contributed by atoms with Crippen molar-refractivity contribution in [1.82, 2.24) is 4.57 Å². The minimum atomic E-state index is -3.91. The molecule has 0 fully saturated rings. The lowest BCUT2D eigenvalue weighted by Gasteiger charge is -2.12. The lowest BCUT2D eigenvalue weighted by molar-refractivity contribution is 0.340. The average molecular weight is 357 g/mol. The molecule has 1 heterocycles. The summed E-state index contributed by atoms with van der Waals surface area (Å²) in [6, 6.07) is 13.1. The van der Waals surface area contributed by atoms with Gasteiger partial charge in [-0.2, -0.15) is 0 Å². The van der Waals surface area contributed by atoms with Crippen LogP contribution in [0.25, 0.3) is 10.9 Å². The Bertz CT molecular complexity index is 1070. The molecule has 0 aliphatic rings. The molecular formula is C19H19NO4S. The summed E-state index contributed by atoms with van der Waals surface area (Å²) in [5.74, 6) is 0.589. The highest BCUT2D eigenvalue weighted by Crippen LogP contribution is 2.23. The molecule has 0 atom stereocenters. The first-order chi connectivity index (χ1) is 12.0. The second-order valence-corrected chi connectivity index (χ2v) is 7.45. The molecule has 3 aromatic rings. The lowest BCUT2D eigenvalue weighted by Crippen LogP contribution is -2.19. The number of pyridine rings is 1. The molecule has 0 N–H and O–H groups in total. The Morgan fingerprint density at radius 3 is 2.32 bits per heavy atom. The van der Waals surface area contributed by atoms with Crippen LogP contribution in [-0.4, -0.2) is 19.6 Å². The molecule has 1 aromatic heterocycles. The van der Waals surface area contributed by atoms with Crippen LogP contribution in [-0.2, 0) is 16.4 Å². The number of hydrogen-bond acceptors (Lipinski definition) is 4. The topological polar surface area (TPSA) is 65.4 Å². The van der Waals surface area contributed by atoms with Crippen LogP contribution in [0.3, 0.4) is 0 Å². The smallest absolute Gasteiger partial charge is 0.211 e. The molecule has 0 amide bonds. The summed E-state index contributed by atoms with van der Waals surface area (Å²) >= 11 is 0. The van der Waals surface area contributed by atoms with Crippen molar-refractivity contribution in [2.45, 2.75) is 30.2 Å². The van der Waals surface area contributed by atoms with E-state index in [-0.39, 0.29) is 9.79 Å². The van der Waals surface area contributed by atoms with Gasteiger partial charge < -0.3 is 9.30 Å². The number of aryl methyl sites for hydroxylation is 1. The van der Waals surface area contributed by atoms with E-state index in [1.165, 1.54) is 18.3 Å². The third-order valence-electron chi connectivity index (χ3n) is 4.03. The van der Waals surface area contributed by atoms with Gasteiger partial charge in [0.15, 0.2) is 0 Å². The van der Waals surface area contributed by atoms with Gasteiger partial charge in [0, 0.05) is 18.1 Å². The van der Waals surface area contributed by atoms with Gasteiger partial charge in [-0.05, 0) is 50.2 Å². The minimum Gasteiger partial charge on any atom is -0.494 e. The minimum absolute atomic E-state index is 0.0750. The lowest BCUT2D eigenvalue weighted by atomic mass is 10.2. The fourth-order valence-corrected chi connectivity index (χ4v) is 4.15. The van der Waals surface area contributed by atoms with Crippen molar-refractivity contribution in [3.8, 4) is 5.75 Å². The number of para-hydroxylation sites is 1. The van der Waals surface area contributed by atoms with Crippen LogP contribution >= 0.6 is 0 Å². The van der Waals surface area contributed by atoms with Crippen LogP contribution in [0, 0.1) is 0 Å². The molecule has 0 bridgehead atoms. The van der Waals surface area contributed by atoms with Gasteiger partial charge in [-0.15, -0.1) is 0 Å². The van der Waals surface area contributed by atoms with Gasteiger partial charge in [0.25, 0.3) is 0 Å². The molecule has 0 saturated carbocycles. The summed E-state index contributed by atoms with van der Waals surface area (Å²) in [6.45, 7) is 4.82. The van der Waals surface area contributed by atoms with E-state index >= 15 is 0 Å². The molecule has 3 rings (SSSR count). The van der Waals surface area contributed by atoms with E-state index < -0.39 is 15.3 Å². The molecule has 0 aliphatic heterocycles. The normalized spacial score (nSPS) is 11.6. The number of ether oxygens (including phenoxy) is 1. The van der Waals surface area contributed by atoms with Crippen molar-refractivity contribution in [3.63, 3.8) is 0 Å². The van der Waals surface area contributed by atoms with Crippen molar-refractivity contribution >= 4 is 20.7 Å². The van der Waals surface area contributed by atoms with Gasteiger partial charge in [-0.1, -0.05) is 12.1 Å². The average Bonchev–Trinajstić information content (AvgIpc) is 2.63. The van der Waals surface area contributed by atoms with Crippen LogP contribution in [0.5, 0.6) is 5.75 Å². The maximum absolute atomic E-state index is 13.0. The Morgan fingerprint density at radius 1 is 1.00 bits per heavy atom. The third kappa shape index (κ3) is 3.05. The molecule has 0 radical (unpaired) electrons. The van der Waals surface area contributed by atoms with Crippen LogP contribution in [0.2, 0.25) is 0 Å². The maximum atomic E-state index is 13.0. The summed E-state index contributed by atoms with van der Waals surface area (Å²) in [7, 11) is -3.91. The fourth-order valence-electron chi connectivity index (χ4n) is 2.78. The summed E-state index contributed by atoms with van der Waals surface area (Å²) in [4.78, 5) is 12.6. The second-order valence-electron chi connectivity index (χ2n) is 5.53. The monoisotopic (exact) mass is 357 g/mol. The van der Waals surface area contributed by atoms with Crippen LogP contribution in [0.4, 0.5) is 0 Å². The second kappa shape index (κ2) is 6.72. The van der Waals surface area contributed by atoms with Crippen molar-refractivity contribution in [1.29, 1.82) is 0 Å². The maximum Gasteiger partial charge on any atom is 0.211 e. The SMILES string of the molecule is CCOc1ccc(S(=O)(=O)c2cn(CC)c3ccccc3c2=O)cc1. The summed E-state index contributed by atoms with van der Waals surface area (Å²) in [6.07, 6.45) is 1.43. The zero-order chi connectivity index (χ0) is 18.0. The van der Waals surface area contributed by atoms with Crippen molar-refractivity contribution in [3.05, 3.63) is 65.0 Å². The van der Waals surface area contributed by atoms with E-state index in [1.807, 2.05) is 26.0 Å². The van der Waals surface area contributed by atoms with Crippen LogP contribution in [0.1, 0.15) is 13.8 Å². The summed E-state index contributed by atoms with van der Waals surface area (Å²) in [5.41, 5.74) is 0.245. The Labute approximate surface area is 146 Å². The first kappa shape index (κ1) is 17.2. The molecule has 130 valence electrons. The van der Waals surface area contributed by atoms with Gasteiger partial charge in [0.2, 0.25) is 15.3 Å². The first-order valence-corrected chi connectivity index (χ1v) is 9.57. The summed E-state index contributed by atoms with van der Waals surface area (Å²) in [5, 5.41) is 0.399. The molecule has 2 aromatic carbocycles. The zero-order valence-corrected chi connectivity index (χ0v) is 14.9. The molecule has 0 unspecified atom stereocenters. The molecule has 25 heavy (non-hydrogen) atoms. The van der Waals surface area contributed by atoms with Gasteiger partial charge in [0.1, 0.15) is 10.6 Å². The highest BCUT2D eigenvalue weighted by Gasteiger charge is 2.23. The van der Waals surface area contributed by atoms with Crippen molar-refractivity contribution < 1.29 is 13.2 Å². The molecule has 5 nitrogen and oxygen atoms in total. The number of hydrogen-bond donors (Lipinski definition) is 0. The van der Waals surface area contributed by atoms with Gasteiger partial charge >= 0.3 is 0 Å². The number of nitrogens with zero attached hydrogens (tertiary/aromatic N) is 1. The number of rotatable bonds is 5. The van der Waals surface area contributed by atoms with E-state index in [0.29, 0.717) is 24.3 Å². The number of benzene rings is 2. The third-order valence-corrected chi connectivity index (χ3v) is 5.79. The fraction of sp³-hybridized carbons (Fsp3) is 0.211. The Kier molecular flexibility index (Phi) is 4.63. The highest BCUT2D eigenvalue weighted by atomic mass is 32.2. The van der Waals surface area contributed by atoms with E-state index in [4.69, 9.17) is 4.74 Å². The Balaban J connectivity index is 2.20. The molecule has 6 heteroatoms.